The molecule has 0 aliphatic carbocycles. The molecule has 0 unspecified atom stereocenters. The van der Waals surface area contributed by atoms with Gasteiger partial charge in [0.05, 0.1) is 5.69 Å². The third kappa shape index (κ3) is 4.76. The minimum Gasteiger partial charge on any atom is -0.404 e. The van der Waals surface area contributed by atoms with Gasteiger partial charge in [-0.15, -0.1) is 13.2 Å². The lowest BCUT2D eigenvalue weighted by molar-refractivity contribution is -0.274. The normalized spacial score (nSPS) is 11.1. The summed E-state index contributed by atoms with van der Waals surface area (Å²) < 4.78 is 40.0. The van der Waals surface area contributed by atoms with Crippen molar-refractivity contribution in [3.8, 4) is 5.75 Å². The van der Waals surface area contributed by atoms with Crippen molar-refractivity contribution in [1.29, 1.82) is 0 Å². The molecule has 0 fully saturated rings. The fraction of sp³-hybridized carbons (Fsp3) is 0.364. The van der Waals surface area contributed by atoms with Gasteiger partial charge in [0, 0.05) is 6.42 Å². The van der Waals surface area contributed by atoms with Crippen molar-refractivity contribution in [2.45, 2.75) is 26.1 Å². The first-order valence-corrected chi connectivity index (χ1v) is 5.07. The van der Waals surface area contributed by atoms with Crippen LogP contribution in [0.2, 0.25) is 0 Å². The van der Waals surface area contributed by atoms with E-state index in [0.717, 1.165) is 6.07 Å². The largest absolute Gasteiger partial charge is 0.573 e. The highest BCUT2D eigenvalue weighted by Crippen LogP contribution is 2.29. The summed E-state index contributed by atoms with van der Waals surface area (Å²) in [6, 6.07) is 5.42. The van der Waals surface area contributed by atoms with Crippen LogP contribution in [0.3, 0.4) is 0 Å². The maximum Gasteiger partial charge on any atom is 0.573 e. The summed E-state index contributed by atoms with van der Waals surface area (Å²) in [7, 11) is 0. The van der Waals surface area contributed by atoms with Crippen molar-refractivity contribution >= 4 is 11.6 Å². The standard InChI is InChI=1S/C11H12F3NO2/c1-2-5-10(16)15-8-6-3-4-7-9(8)17-11(12,13)14/h3-4,6-7H,2,5H2,1H3,(H,15,16). The molecule has 1 rings (SSSR count). The monoisotopic (exact) mass is 247 g/mol. The zero-order valence-electron chi connectivity index (χ0n) is 9.17. The lowest BCUT2D eigenvalue weighted by atomic mass is 10.2. The fourth-order valence-corrected chi connectivity index (χ4v) is 1.22. The number of nitrogens with one attached hydrogen (secondary N) is 1. The number of halogens is 3. The molecule has 94 valence electrons. The Morgan fingerprint density at radius 1 is 1.35 bits per heavy atom. The van der Waals surface area contributed by atoms with Crippen LogP contribution >= 0.6 is 0 Å². The zero-order chi connectivity index (χ0) is 12.9. The second-order valence-corrected chi connectivity index (χ2v) is 3.34. The molecule has 0 aliphatic heterocycles. The molecule has 1 aromatic carbocycles. The second kappa shape index (κ2) is 5.56. The van der Waals surface area contributed by atoms with Gasteiger partial charge in [0.2, 0.25) is 5.91 Å². The van der Waals surface area contributed by atoms with Gasteiger partial charge in [-0.1, -0.05) is 19.1 Å². The van der Waals surface area contributed by atoms with Crippen LogP contribution in [-0.4, -0.2) is 12.3 Å². The number of rotatable bonds is 4. The van der Waals surface area contributed by atoms with Crippen LogP contribution in [0.15, 0.2) is 24.3 Å². The summed E-state index contributed by atoms with van der Waals surface area (Å²) in [6.07, 6.45) is -3.90. The molecule has 0 atom stereocenters. The summed E-state index contributed by atoms with van der Waals surface area (Å²) >= 11 is 0. The zero-order valence-corrected chi connectivity index (χ0v) is 9.17. The number of hydrogen-bond acceptors (Lipinski definition) is 2. The van der Waals surface area contributed by atoms with E-state index < -0.39 is 12.1 Å². The van der Waals surface area contributed by atoms with Crippen LogP contribution in [0.1, 0.15) is 19.8 Å². The highest BCUT2D eigenvalue weighted by atomic mass is 19.4. The van der Waals surface area contributed by atoms with Crippen LogP contribution in [0, 0.1) is 0 Å². The molecule has 0 aliphatic rings. The number of benzene rings is 1. The third-order valence-corrected chi connectivity index (χ3v) is 1.86. The average molecular weight is 247 g/mol. The van der Waals surface area contributed by atoms with E-state index in [1.807, 2.05) is 0 Å². The Morgan fingerprint density at radius 2 is 2.00 bits per heavy atom. The maximum absolute atomic E-state index is 12.1. The Morgan fingerprint density at radius 3 is 2.59 bits per heavy atom. The minimum atomic E-state index is -4.77. The van der Waals surface area contributed by atoms with E-state index in [2.05, 4.69) is 10.1 Å². The SMILES string of the molecule is CCCC(=O)Nc1ccccc1OC(F)(F)F. The number of amides is 1. The molecule has 0 bridgehead atoms. The smallest absolute Gasteiger partial charge is 0.404 e. The number of ether oxygens (including phenoxy) is 1. The molecule has 0 spiro atoms. The van der Waals surface area contributed by atoms with Crippen LogP contribution in [-0.2, 0) is 4.79 Å². The highest BCUT2D eigenvalue weighted by molar-refractivity contribution is 5.92. The molecule has 6 heteroatoms. The molecule has 1 aromatic rings. The van der Waals surface area contributed by atoms with Crippen LogP contribution in [0.4, 0.5) is 18.9 Å². The molecular formula is C11H12F3NO2. The molecule has 1 N–H and O–H groups in total. The number of hydrogen-bond donors (Lipinski definition) is 1. The first kappa shape index (κ1) is 13.3. The van der Waals surface area contributed by atoms with Crippen molar-refractivity contribution in [2.24, 2.45) is 0 Å². The first-order valence-electron chi connectivity index (χ1n) is 5.07. The van der Waals surface area contributed by atoms with Gasteiger partial charge in [0.25, 0.3) is 0 Å². The van der Waals surface area contributed by atoms with Gasteiger partial charge < -0.3 is 10.1 Å². The van der Waals surface area contributed by atoms with Gasteiger partial charge in [0.15, 0.2) is 5.75 Å². The summed E-state index contributed by atoms with van der Waals surface area (Å²) in [5.41, 5.74) is 0.0169. The van der Waals surface area contributed by atoms with Crippen molar-refractivity contribution in [3.05, 3.63) is 24.3 Å². The van der Waals surface area contributed by atoms with E-state index in [1.54, 1.807) is 6.92 Å². The summed E-state index contributed by atoms with van der Waals surface area (Å²) in [5, 5.41) is 2.37. The van der Waals surface area contributed by atoms with E-state index in [4.69, 9.17) is 0 Å². The molecule has 0 aromatic heterocycles. The molecule has 0 radical (unpaired) electrons. The Bertz CT molecular complexity index is 391. The molecule has 3 nitrogen and oxygen atoms in total. The van der Waals surface area contributed by atoms with E-state index in [-0.39, 0.29) is 18.0 Å². The quantitative estimate of drug-likeness (QED) is 0.886. The third-order valence-electron chi connectivity index (χ3n) is 1.86. The van der Waals surface area contributed by atoms with Crippen molar-refractivity contribution in [1.82, 2.24) is 0 Å². The second-order valence-electron chi connectivity index (χ2n) is 3.34. The molecular weight excluding hydrogens is 235 g/mol. The van der Waals surface area contributed by atoms with Gasteiger partial charge in [-0.25, -0.2) is 0 Å². The van der Waals surface area contributed by atoms with Crippen molar-refractivity contribution in [2.75, 3.05) is 5.32 Å². The predicted octanol–water partition coefficient (Wildman–Crippen LogP) is 3.32. The van der Waals surface area contributed by atoms with Gasteiger partial charge in [0.1, 0.15) is 0 Å². The Labute approximate surface area is 96.6 Å². The van der Waals surface area contributed by atoms with Crippen molar-refractivity contribution < 1.29 is 22.7 Å². The minimum absolute atomic E-state index is 0.0169. The Kier molecular flexibility index (Phi) is 4.37. The van der Waals surface area contributed by atoms with Gasteiger partial charge >= 0.3 is 6.36 Å². The summed E-state index contributed by atoms with van der Waals surface area (Å²) in [5.74, 6) is -0.754. The maximum atomic E-state index is 12.1. The fourth-order valence-electron chi connectivity index (χ4n) is 1.22. The molecule has 0 saturated heterocycles. The lowest BCUT2D eigenvalue weighted by Crippen LogP contribution is -2.19. The molecule has 17 heavy (non-hydrogen) atoms. The van der Waals surface area contributed by atoms with Gasteiger partial charge in [-0.3, -0.25) is 4.79 Å². The number of alkyl halides is 3. The lowest BCUT2D eigenvalue weighted by Gasteiger charge is -2.13. The summed E-state index contributed by atoms with van der Waals surface area (Å²) in [6.45, 7) is 1.80. The molecule has 0 saturated carbocycles. The van der Waals surface area contributed by atoms with Crippen LogP contribution < -0.4 is 10.1 Å². The number of para-hydroxylation sites is 2. The van der Waals surface area contributed by atoms with E-state index >= 15 is 0 Å². The first-order chi connectivity index (χ1) is 7.92. The highest BCUT2D eigenvalue weighted by Gasteiger charge is 2.32. The van der Waals surface area contributed by atoms with Gasteiger partial charge in [-0.2, -0.15) is 0 Å². The number of carbonyl (C=O) groups is 1. The number of anilines is 1. The number of carbonyl (C=O) groups excluding carboxylic acids is 1. The van der Waals surface area contributed by atoms with E-state index in [0.29, 0.717) is 6.42 Å². The Balaban J connectivity index is 2.81. The van der Waals surface area contributed by atoms with E-state index in [1.165, 1.54) is 18.2 Å². The molecule has 0 heterocycles. The van der Waals surface area contributed by atoms with Crippen molar-refractivity contribution in [3.63, 3.8) is 0 Å². The topological polar surface area (TPSA) is 38.3 Å². The van der Waals surface area contributed by atoms with Crippen LogP contribution in [0.25, 0.3) is 0 Å². The average Bonchev–Trinajstić information content (AvgIpc) is 2.19. The predicted molar refractivity (Wildman–Crippen MR) is 56.7 cm³/mol. The van der Waals surface area contributed by atoms with Gasteiger partial charge in [-0.05, 0) is 18.6 Å². The molecule has 1 amide bonds. The van der Waals surface area contributed by atoms with Crippen LogP contribution in [0.5, 0.6) is 5.75 Å². The van der Waals surface area contributed by atoms with E-state index in [9.17, 15) is 18.0 Å². The summed E-state index contributed by atoms with van der Waals surface area (Å²) in [4.78, 5) is 11.3. The Hall–Kier alpha value is -1.72.